The van der Waals surface area contributed by atoms with Crippen molar-refractivity contribution < 1.29 is 13.2 Å². The Morgan fingerprint density at radius 2 is 1.89 bits per heavy atom. The molecular formula is C12H19N3O3S. The van der Waals surface area contributed by atoms with Crippen molar-refractivity contribution in [1.29, 1.82) is 0 Å². The fourth-order valence-electron chi connectivity index (χ4n) is 1.37. The number of hydrogen-bond acceptors (Lipinski definition) is 4. The highest BCUT2D eigenvalue weighted by Crippen LogP contribution is 2.20. The number of benzene rings is 1. The lowest BCUT2D eigenvalue weighted by Gasteiger charge is -2.18. The zero-order valence-corrected chi connectivity index (χ0v) is 12.3. The predicted molar refractivity (Wildman–Crippen MR) is 74.3 cm³/mol. The zero-order chi connectivity index (χ0) is 14.8. The van der Waals surface area contributed by atoms with Crippen LogP contribution >= 0.6 is 0 Å². The monoisotopic (exact) mass is 285 g/mol. The lowest BCUT2D eigenvalue weighted by Crippen LogP contribution is -2.45. The smallest absolute Gasteiger partial charge is 0.243 e. The van der Waals surface area contributed by atoms with Gasteiger partial charge in [0.1, 0.15) is 0 Å². The summed E-state index contributed by atoms with van der Waals surface area (Å²) in [5, 5.41) is 2.59. The number of sulfonamides is 1. The lowest BCUT2D eigenvalue weighted by atomic mass is 10.1. The van der Waals surface area contributed by atoms with Crippen LogP contribution in [0.4, 0.5) is 5.69 Å². The highest BCUT2D eigenvalue weighted by atomic mass is 32.2. The van der Waals surface area contributed by atoms with Crippen molar-refractivity contribution in [2.24, 2.45) is 5.73 Å². The number of carbonyl (C=O) groups is 1. The number of hydrogen-bond donors (Lipinski definition) is 3. The van der Waals surface area contributed by atoms with Crippen molar-refractivity contribution in [3.63, 3.8) is 0 Å². The molecular weight excluding hydrogens is 266 g/mol. The maximum absolute atomic E-state index is 11.8. The average molecular weight is 285 g/mol. The minimum absolute atomic E-state index is 0.127. The Morgan fingerprint density at radius 1 is 1.32 bits per heavy atom. The van der Waals surface area contributed by atoms with Crippen LogP contribution in [0.2, 0.25) is 0 Å². The minimum Gasteiger partial charge on any atom is -0.324 e. The standard InChI is InChI=1S/C12H19N3O3S/c1-8-5-6-9(15-11(16)12(2,3)13)7-10(8)19(17,18)14-4/h5-7,14H,13H2,1-4H3,(H,15,16). The van der Waals surface area contributed by atoms with Crippen LogP contribution in [0.25, 0.3) is 0 Å². The summed E-state index contributed by atoms with van der Waals surface area (Å²) in [7, 11) is -2.22. The molecule has 1 rings (SSSR count). The van der Waals surface area contributed by atoms with Gasteiger partial charge < -0.3 is 11.1 Å². The Labute approximate surface area is 113 Å². The Bertz CT molecular complexity index is 589. The van der Waals surface area contributed by atoms with Gasteiger partial charge in [0.2, 0.25) is 15.9 Å². The van der Waals surface area contributed by atoms with E-state index in [0.717, 1.165) is 0 Å². The molecule has 0 aliphatic rings. The fourth-order valence-corrected chi connectivity index (χ4v) is 2.36. The number of nitrogens with two attached hydrogens (primary N) is 1. The predicted octanol–water partition coefficient (Wildman–Crippen LogP) is 0.579. The maximum Gasteiger partial charge on any atom is 0.243 e. The molecule has 0 radical (unpaired) electrons. The molecule has 0 heterocycles. The van der Waals surface area contributed by atoms with Gasteiger partial charge in [-0.1, -0.05) is 6.07 Å². The zero-order valence-electron chi connectivity index (χ0n) is 11.4. The molecule has 0 saturated carbocycles. The Kier molecular flexibility index (Phi) is 4.34. The first-order chi connectivity index (χ1) is 8.58. The molecule has 0 aromatic heterocycles. The van der Waals surface area contributed by atoms with Crippen LogP contribution in [0.15, 0.2) is 23.1 Å². The molecule has 0 aliphatic carbocycles. The first kappa shape index (κ1) is 15.6. The third-order valence-corrected chi connectivity index (χ3v) is 4.15. The van der Waals surface area contributed by atoms with Gasteiger partial charge in [-0.3, -0.25) is 4.79 Å². The first-order valence-electron chi connectivity index (χ1n) is 5.72. The summed E-state index contributed by atoms with van der Waals surface area (Å²) < 4.78 is 25.9. The summed E-state index contributed by atoms with van der Waals surface area (Å²) in [6.45, 7) is 4.83. The second-order valence-electron chi connectivity index (χ2n) is 4.86. The lowest BCUT2D eigenvalue weighted by molar-refractivity contribution is -0.120. The van der Waals surface area contributed by atoms with Crippen LogP contribution in [0.1, 0.15) is 19.4 Å². The summed E-state index contributed by atoms with van der Waals surface area (Å²) in [5.41, 5.74) is 5.62. The summed E-state index contributed by atoms with van der Waals surface area (Å²) in [6, 6.07) is 4.67. The van der Waals surface area contributed by atoms with Gasteiger partial charge in [0.05, 0.1) is 10.4 Å². The largest absolute Gasteiger partial charge is 0.324 e. The fraction of sp³-hybridized carbons (Fsp3) is 0.417. The number of anilines is 1. The first-order valence-corrected chi connectivity index (χ1v) is 7.21. The number of rotatable bonds is 4. The van der Waals surface area contributed by atoms with Gasteiger partial charge >= 0.3 is 0 Å². The molecule has 0 atom stereocenters. The molecule has 106 valence electrons. The molecule has 0 unspecified atom stereocenters. The summed E-state index contributed by atoms with van der Waals surface area (Å²) in [6.07, 6.45) is 0. The van der Waals surface area contributed by atoms with Gasteiger partial charge in [0, 0.05) is 5.69 Å². The van der Waals surface area contributed by atoms with Crippen molar-refractivity contribution in [2.45, 2.75) is 31.2 Å². The topological polar surface area (TPSA) is 101 Å². The number of carbonyl (C=O) groups excluding carboxylic acids is 1. The summed E-state index contributed by atoms with van der Waals surface area (Å²) >= 11 is 0. The highest BCUT2D eigenvalue weighted by molar-refractivity contribution is 7.89. The SMILES string of the molecule is CNS(=O)(=O)c1cc(NC(=O)C(C)(C)N)ccc1C. The van der Waals surface area contributed by atoms with Crippen LogP contribution in [-0.4, -0.2) is 26.9 Å². The van der Waals surface area contributed by atoms with Gasteiger partial charge in [-0.05, 0) is 45.5 Å². The molecule has 6 nitrogen and oxygen atoms in total. The van der Waals surface area contributed by atoms with Crippen LogP contribution in [0, 0.1) is 6.92 Å². The molecule has 1 aromatic carbocycles. The Morgan fingerprint density at radius 3 is 2.37 bits per heavy atom. The van der Waals surface area contributed by atoms with E-state index in [1.54, 1.807) is 32.9 Å². The molecule has 0 spiro atoms. The number of aryl methyl sites for hydroxylation is 1. The Hall–Kier alpha value is -1.44. The van der Waals surface area contributed by atoms with Crippen LogP contribution in [-0.2, 0) is 14.8 Å². The van der Waals surface area contributed by atoms with Crippen molar-refractivity contribution in [2.75, 3.05) is 12.4 Å². The van der Waals surface area contributed by atoms with Crippen LogP contribution in [0.3, 0.4) is 0 Å². The van der Waals surface area contributed by atoms with E-state index < -0.39 is 15.6 Å². The van der Waals surface area contributed by atoms with E-state index in [1.807, 2.05) is 0 Å². The van der Waals surface area contributed by atoms with Crippen LogP contribution in [0.5, 0.6) is 0 Å². The quantitative estimate of drug-likeness (QED) is 0.753. The summed E-state index contributed by atoms with van der Waals surface area (Å²) in [4.78, 5) is 11.9. The van der Waals surface area contributed by atoms with E-state index in [2.05, 4.69) is 10.0 Å². The van der Waals surface area contributed by atoms with Gasteiger partial charge in [-0.15, -0.1) is 0 Å². The maximum atomic E-state index is 11.8. The molecule has 1 aromatic rings. The van der Waals surface area contributed by atoms with Crippen molar-refractivity contribution in [3.8, 4) is 0 Å². The van der Waals surface area contributed by atoms with Crippen molar-refractivity contribution in [3.05, 3.63) is 23.8 Å². The minimum atomic E-state index is -3.56. The van der Waals surface area contributed by atoms with E-state index in [0.29, 0.717) is 11.3 Å². The van der Waals surface area contributed by atoms with Gasteiger partial charge in [0.15, 0.2) is 0 Å². The molecule has 0 aliphatic heterocycles. The van der Waals surface area contributed by atoms with E-state index in [-0.39, 0.29) is 10.8 Å². The third-order valence-electron chi connectivity index (χ3n) is 2.59. The highest BCUT2D eigenvalue weighted by Gasteiger charge is 2.22. The number of amides is 1. The van der Waals surface area contributed by atoms with Gasteiger partial charge in [-0.2, -0.15) is 0 Å². The van der Waals surface area contributed by atoms with Crippen molar-refractivity contribution >= 4 is 21.6 Å². The van der Waals surface area contributed by atoms with E-state index in [9.17, 15) is 13.2 Å². The molecule has 7 heteroatoms. The molecule has 4 N–H and O–H groups in total. The molecule has 0 bridgehead atoms. The van der Waals surface area contributed by atoms with E-state index in [1.165, 1.54) is 13.1 Å². The van der Waals surface area contributed by atoms with E-state index >= 15 is 0 Å². The second-order valence-corrected chi connectivity index (χ2v) is 6.72. The van der Waals surface area contributed by atoms with Gasteiger partial charge in [-0.25, -0.2) is 13.1 Å². The molecule has 0 saturated heterocycles. The number of nitrogens with one attached hydrogen (secondary N) is 2. The van der Waals surface area contributed by atoms with E-state index in [4.69, 9.17) is 5.73 Å². The normalized spacial score (nSPS) is 12.3. The third kappa shape index (κ3) is 3.76. The summed E-state index contributed by atoms with van der Waals surface area (Å²) in [5.74, 6) is -0.385. The van der Waals surface area contributed by atoms with Gasteiger partial charge in [0.25, 0.3) is 0 Å². The molecule has 0 fully saturated rings. The Balaban J connectivity index is 3.15. The molecule has 1 amide bonds. The average Bonchev–Trinajstić information content (AvgIpc) is 2.30. The van der Waals surface area contributed by atoms with Crippen LogP contribution < -0.4 is 15.8 Å². The molecule has 19 heavy (non-hydrogen) atoms. The van der Waals surface area contributed by atoms with Crippen molar-refractivity contribution in [1.82, 2.24) is 4.72 Å². The second kappa shape index (κ2) is 5.28.